The van der Waals surface area contributed by atoms with E-state index in [9.17, 15) is 9.59 Å². The number of hydrogen-bond donors (Lipinski definition) is 1. The minimum atomic E-state index is -0.750. The second-order valence-electron chi connectivity index (χ2n) is 4.89. The lowest BCUT2D eigenvalue weighted by Gasteiger charge is -2.26. The molecule has 20 heavy (non-hydrogen) atoms. The third kappa shape index (κ3) is 3.84. The van der Waals surface area contributed by atoms with Crippen LogP contribution in [0.2, 0.25) is 0 Å². The van der Waals surface area contributed by atoms with Gasteiger partial charge in [0.05, 0.1) is 5.92 Å². The zero-order chi connectivity index (χ0) is 14.5. The number of carbonyl (C=O) groups is 2. The van der Waals surface area contributed by atoms with E-state index in [1.807, 2.05) is 12.1 Å². The van der Waals surface area contributed by atoms with E-state index in [1.54, 1.807) is 12.1 Å². The molecule has 6 heteroatoms. The minimum Gasteiger partial charge on any atom is -0.481 e. The van der Waals surface area contributed by atoms with Crippen molar-refractivity contribution in [2.75, 3.05) is 0 Å². The van der Waals surface area contributed by atoms with Gasteiger partial charge in [-0.3, -0.25) is 4.79 Å². The first-order valence-electron chi connectivity index (χ1n) is 6.43. The number of hydrogen-bond acceptors (Lipinski definition) is 4. The van der Waals surface area contributed by atoms with Gasteiger partial charge in [0.15, 0.2) is 23.0 Å². The molecule has 0 heterocycles. The molecule has 1 aromatic rings. The van der Waals surface area contributed by atoms with Gasteiger partial charge in [-0.05, 0) is 49.3 Å². The predicted octanol–water partition coefficient (Wildman–Crippen LogP) is 3.91. The summed E-state index contributed by atoms with van der Waals surface area (Å²) in [6.07, 6.45) is 2.46. The average Bonchev–Trinajstić information content (AvgIpc) is 2.48. The Hall–Kier alpha value is -1.31. The molecule has 1 aromatic carbocycles. The first-order chi connectivity index (χ1) is 9.60. The number of benzene rings is 1. The molecule has 0 aliphatic heterocycles. The number of aliphatic carboxylic acids is 1. The molecule has 2 rings (SSSR count). The van der Waals surface area contributed by atoms with Crippen molar-refractivity contribution in [1.29, 1.82) is 0 Å². The minimum absolute atomic E-state index is 0.202. The summed E-state index contributed by atoms with van der Waals surface area (Å²) in [5.74, 6) is -0.0670. The van der Waals surface area contributed by atoms with Gasteiger partial charge >= 0.3 is 12.1 Å². The van der Waals surface area contributed by atoms with Crippen LogP contribution in [0.1, 0.15) is 37.2 Å². The average molecular weight is 390 g/mol. The maximum atomic E-state index is 11.0. The fourth-order valence-electron chi connectivity index (χ4n) is 2.59. The summed E-state index contributed by atoms with van der Waals surface area (Å²) < 4.78 is 9.30. The van der Waals surface area contributed by atoms with Gasteiger partial charge in [-0.1, -0.05) is 12.1 Å². The summed E-state index contributed by atoms with van der Waals surface area (Å²) in [4.78, 5) is 21.9. The topological polar surface area (TPSA) is 72.8 Å². The van der Waals surface area contributed by atoms with Crippen LogP contribution in [0.3, 0.4) is 0 Å². The summed E-state index contributed by atoms with van der Waals surface area (Å²) in [7, 11) is 0. The molecule has 1 fully saturated rings. The van der Waals surface area contributed by atoms with E-state index in [2.05, 4.69) is 3.07 Å². The zero-order valence-corrected chi connectivity index (χ0v) is 12.9. The predicted molar refractivity (Wildman–Crippen MR) is 79.9 cm³/mol. The summed E-state index contributed by atoms with van der Waals surface area (Å²) in [5, 5.41) is 8.98. The van der Waals surface area contributed by atoms with Gasteiger partial charge in [0.2, 0.25) is 0 Å². The molecular formula is C14H15IO5. The van der Waals surface area contributed by atoms with Crippen molar-refractivity contribution >= 4 is 35.1 Å². The van der Waals surface area contributed by atoms with Gasteiger partial charge in [-0.15, -0.1) is 0 Å². The van der Waals surface area contributed by atoms with Gasteiger partial charge in [-0.25, -0.2) is 4.79 Å². The van der Waals surface area contributed by atoms with Gasteiger partial charge in [0.25, 0.3) is 0 Å². The van der Waals surface area contributed by atoms with E-state index in [4.69, 9.17) is 9.84 Å². The molecule has 0 radical (unpaired) electrons. The number of halogens is 1. The van der Waals surface area contributed by atoms with Crippen molar-refractivity contribution in [2.24, 2.45) is 5.92 Å². The van der Waals surface area contributed by atoms with E-state index in [1.165, 1.54) is 23.0 Å². The quantitative estimate of drug-likeness (QED) is 0.481. The molecule has 0 spiro atoms. The van der Waals surface area contributed by atoms with Crippen LogP contribution in [0.4, 0.5) is 4.79 Å². The third-order valence-electron chi connectivity index (χ3n) is 3.69. The highest BCUT2D eigenvalue weighted by atomic mass is 127. The smallest absolute Gasteiger partial charge is 0.481 e. The SMILES string of the molecule is O=C(OI)Oc1ccc(C2CCC(C(=O)O)CC2)cc1. The first-order valence-corrected chi connectivity index (χ1v) is 7.31. The normalized spacial score (nSPS) is 22.1. The van der Waals surface area contributed by atoms with Crippen LogP contribution in [-0.4, -0.2) is 17.2 Å². The van der Waals surface area contributed by atoms with Crippen LogP contribution in [-0.2, 0) is 7.86 Å². The molecule has 0 bridgehead atoms. The van der Waals surface area contributed by atoms with E-state index >= 15 is 0 Å². The highest BCUT2D eigenvalue weighted by Gasteiger charge is 2.26. The molecule has 0 aromatic heterocycles. The molecule has 5 nitrogen and oxygen atoms in total. The van der Waals surface area contributed by atoms with Crippen molar-refractivity contribution in [3.05, 3.63) is 29.8 Å². The monoisotopic (exact) mass is 390 g/mol. The Morgan fingerprint density at radius 1 is 1.10 bits per heavy atom. The first kappa shape index (κ1) is 15.1. The van der Waals surface area contributed by atoms with Crippen LogP contribution in [0.15, 0.2) is 24.3 Å². The molecule has 1 saturated carbocycles. The Morgan fingerprint density at radius 3 is 2.20 bits per heavy atom. The van der Waals surface area contributed by atoms with Crippen molar-refractivity contribution in [3.8, 4) is 5.75 Å². The number of carboxylic acid groups (broad SMARTS) is 1. The maximum Gasteiger partial charge on any atom is 0.523 e. The van der Waals surface area contributed by atoms with E-state index in [0.29, 0.717) is 11.7 Å². The number of carboxylic acids is 1. The number of rotatable bonds is 3. The molecule has 1 aliphatic carbocycles. The zero-order valence-electron chi connectivity index (χ0n) is 10.8. The molecule has 1 N–H and O–H groups in total. The molecular weight excluding hydrogens is 375 g/mol. The Morgan fingerprint density at radius 2 is 1.70 bits per heavy atom. The Bertz CT molecular complexity index is 477. The van der Waals surface area contributed by atoms with Gasteiger partial charge < -0.3 is 12.9 Å². The lowest BCUT2D eigenvalue weighted by atomic mass is 9.79. The molecule has 108 valence electrons. The summed E-state index contributed by atoms with van der Waals surface area (Å²) >= 11 is 1.47. The molecule has 0 saturated heterocycles. The molecule has 1 aliphatic rings. The van der Waals surface area contributed by atoms with Gasteiger partial charge in [0.1, 0.15) is 5.75 Å². The summed E-state index contributed by atoms with van der Waals surface area (Å²) in [5.41, 5.74) is 1.16. The lowest BCUT2D eigenvalue weighted by molar-refractivity contribution is -0.142. The lowest BCUT2D eigenvalue weighted by Crippen LogP contribution is -2.20. The van der Waals surface area contributed by atoms with Crippen molar-refractivity contribution < 1.29 is 22.5 Å². The fraction of sp³-hybridized carbons (Fsp3) is 0.429. The Balaban J connectivity index is 1.94. The maximum absolute atomic E-state index is 11.0. The van der Waals surface area contributed by atoms with E-state index in [0.717, 1.165) is 31.2 Å². The molecule has 0 unspecified atom stereocenters. The van der Waals surface area contributed by atoms with Crippen LogP contribution in [0, 0.1) is 5.92 Å². The van der Waals surface area contributed by atoms with Crippen LogP contribution < -0.4 is 4.74 Å². The second kappa shape index (κ2) is 6.92. The third-order valence-corrected chi connectivity index (χ3v) is 4.05. The molecule has 0 amide bonds. The van der Waals surface area contributed by atoms with Crippen molar-refractivity contribution in [2.45, 2.75) is 31.6 Å². The second-order valence-corrected chi connectivity index (χ2v) is 5.33. The largest absolute Gasteiger partial charge is 0.523 e. The van der Waals surface area contributed by atoms with E-state index < -0.39 is 12.1 Å². The van der Waals surface area contributed by atoms with Gasteiger partial charge in [0, 0.05) is 0 Å². The fourth-order valence-corrected chi connectivity index (χ4v) is 2.68. The van der Waals surface area contributed by atoms with Crippen LogP contribution in [0.25, 0.3) is 0 Å². The van der Waals surface area contributed by atoms with Crippen LogP contribution in [0.5, 0.6) is 5.75 Å². The van der Waals surface area contributed by atoms with Gasteiger partial charge in [-0.2, -0.15) is 0 Å². The van der Waals surface area contributed by atoms with E-state index in [-0.39, 0.29) is 5.92 Å². The van der Waals surface area contributed by atoms with Crippen LogP contribution >= 0.6 is 23.0 Å². The van der Waals surface area contributed by atoms with Crippen molar-refractivity contribution in [1.82, 2.24) is 0 Å². The molecule has 0 atom stereocenters. The highest BCUT2D eigenvalue weighted by molar-refractivity contribution is 14.1. The van der Waals surface area contributed by atoms with Crippen molar-refractivity contribution in [3.63, 3.8) is 0 Å². The summed E-state index contributed by atoms with van der Waals surface area (Å²) in [6.45, 7) is 0. The Labute approximate surface area is 131 Å². The standard InChI is InChI=1S/C14H15IO5/c15-20-14(18)19-12-7-5-10(6-8-12)9-1-3-11(4-2-9)13(16)17/h5-9,11H,1-4H2,(H,16,17). The Kier molecular flexibility index (Phi) is 5.22. The summed E-state index contributed by atoms with van der Waals surface area (Å²) in [6, 6.07) is 7.29. The number of carbonyl (C=O) groups excluding carboxylic acids is 1. The highest BCUT2D eigenvalue weighted by Crippen LogP contribution is 2.36. The number of ether oxygens (including phenoxy) is 1.